The number of nitrogens with one attached hydrogen (secondary N) is 4. The van der Waals surface area contributed by atoms with Crippen LogP contribution in [0.2, 0.25) is 0 Å². The number of hydrogen-bond acceptors (Lipinski definition) is 7. The molecule has 0 spiro atoms. The van der Waals surface area contributed by atoms with Gasteiger partial charge < -0.3 is 16.0 Å². The molecule has 10 heteroatoms. The van der Waals surface area contributed by atoms with E-state index < -0.39 is 0 Å². The number of likely N-dealkylation sites (N-methyl/N-ethyl adjacent to an activating group) is 1. The first-order valence-corrected chi connectivity index (χ1v) is 14.5. The third-order valence-corrected chi connectivity index (χ3v) is 7.89. The molecule has 3 aromatic rings. The summed E-state index contributed by atoms with van der Waals surface area (Å²) in [6.45, 7) is 8.85. The number of carbonyl (C=O) groups excluding carboxylic acids is 3. The molecule has 0 atom stereocenters. The fourth-order valence-electron chi connectivity index (χ4n) is 5.22. The van der Waals surface area contributed by atoms with Gasteiger partial charge in [0, 0.05) is 62.3 Å². The number of aryl methyl sites for hydroxylation is 2. The predicted octanol–water partition coefficient (Wildman–Crippen LogP) is 3.26. The molecule has 3 aromatic carbocycles. The van der Waals surface area contributed by atoms with Crippen LogP contribution in [0.15, 0.2) is 66.7 Å². The molecular weight excluding hydrogens is 544 g/mol. The highest BCUT2D eigenvalue weighted by molar-refractivity contribution is 6.37. The molecule has 10 nitrogen and oxygen atoms in total. The van der Waals surface area contributed by atoms with Gasteiger partial charge in [-0.05, 0) is 66.9 Å². The lowest BCUT2D eigenvalue weighted by atomic mass is 9.97. The molecule has 3 amide bonds. The van der Waals surface area contributed by atoms with Gasteiger partial charge in [-0.25, -0.2) is 5.48 Å². The molecule has 0 radical (unpaired) electrons. The van der Waals surface area contributed by atoms with E-state index in [1.54, 1.807) is 19.2 Å². The lowest BCUT2D eigenvalue weighted by Crippen LogP contribution is -2.50. The van der Waals surface area contributed by atoms with Crippen LogP contribution in [-0.4, -0.2) is 80.4 Å². The second-order valence-electron chi connectivity index (χ2n) is 10.8. The summed E-state index contributed by atoms with van der Waals surface area (Å²) >= 11 is 0. The molecule has 0 unspecified atom stereocenters. The minimum absolute atomic E-state index is 0.0223. The summed E-state index contributed by atoms with van der Waals surface area (Å²) in [4.78, 5) is 47.3. The number of anilines is 2. The van der Waals surface area contributed by atoms with E-state index in [4.69, 9.17) is 4.84 Å². The zero-order valence-electron chi connectivity index (χ0n) is 24.8. The molecular formula is C33H38N6O4. The van der Waals surface area contributed by atoms with Crippen molar-refractivity contribution in [2.75, 3.05) is 63.6 Å². The Labute approximate surface area is 252 Å². The summed E-state index contributed by atoms with van der Waals surface area (Å²) < 4.78 is 0. The fraction of sp³-hybridized carbons (Fsp3) is 0.303. The number of hydroxylamine groups is 1. The van der Waals surface area contributed by atoms with Crippen LogP contribution in [0, 0.1) is 13.8 Å². The Morgan fingerprint density at radius 2 is 1.56 bits per heavy atom. The predicted molar refractivity (Wildman–Crippen MR) is 168 cm³/mol. The van der Waals surface area contributed by atoms with Gasteiger partial charge in [-0.1, -0.05) is 30.3 Å². The van der Waals surface area contributed by atoms with Crippen LogP contribution >= 0.6 is 0 Å². The molecule has 1 saturated heterocycles. The van der Waals surface area contributed by atoms with Gasteiger partial charge in [-0.3, -0.25) is 29.0 Å². The molecule has 2 aliphatic heterocycles. The summed E-state index contributed by atoms with van der Waals surface area (Å²) in [5.41, 5.74) is 9.75. The molecule has 2 aliphatic rings. The first kappa shape index (κ1) is 30.0. The molecule has 0 aromatic heterocycles. The van der Waals surface area contributed by atoms with Crippen LogP contribution < -0.4 is 21.4 Å². The average Bonchev–Trinajstić information content (AvgIpc) is 3.33. The second-order valence-corrected chi connectivity index (χ2v) is 10.8. The van der Waals surface area contributed by atoms with Crippen molar-refractivity contribution in [3.05, 3.63) is 94.5 Å². The van der Waals surface area contributed by atoms with E-state index in [-0.39, 0.29) is 17.7 Å². The molecule has 0 bridgehead atoms. The molecule has 1 fully saturated rings. The zero-order valence-corrected chi connectivity index (χ0v) is 24.8. The monoisotopic (exact) mass is 582 g/mol. The normalized spacial score (nSPS) is 16.3. The quantitative estimate of drug-likeness (QED) is 0.165. The van der Waals surface area contributed by atoms with E-state index in [2.05, 4.69) is 31.2 Å². The minimum Gasteiger partial charge on any atom is -0.358 e. The Morgan fingerprint density at radius 3 is 2.26 bits per heavy atom. The van der Waals surface area contributed by atoms with Crippen LogP contribution in [0.4, 0.5) is 11.4 Å². The van der Waals surface area contributed by atoms with E-state index in [1.165, 1.54) is 0 Å². The molecule has 2 heterocycles. The number of carbonyl (C=O) groups is 3. The number of nitrogens with zero attached hydrogens (tertiary/aromatic N) is 2. The molecule has 0 saturated carbocycles. The number of benzene rings is 3. The lowest BCUT2D eigenvalue weighted by Gasteiger charge is -2.33. The van der Waals surface area contributed by atoms with E-state index >= 15 is 0 Å². The smallest absolute Gasteiger partial charge is 0.274 e. The molecule has 0 aliphatic carbocycles. The van der Waals surface area contributed by atoms with E-state index in [0.717, 1.165) is 59.8 Å². The Hall–Kier alpha value is -4.51. The number of fused-ring (bicyclic) bond motifs is 1. The maximum Gasteiger partial charge on any atom is 0.274 e. The van der Waals surface area contributed by atoms with Crippen molar-refractivity contribution in [1.82, 2.24) is 20.6 Å². The van der Waals surface area contributed by atoms with Crippen LogP contribution in [-0.2, 0) is 14.4 Å². The maximum absolute atomic E-state index is 13.2. The van der Waals surface area contributed by atoms with Crippen LogP contribution in [0.3, 0.4) is 0 Å². The van der Waals surface area contributed by atoms with Crippen molar-refractivity contribution in [3.63, 3.8) is 0 Å². The Bertz CT molecular complexity index is 1510. The van der Waals surface area contributed by atoms with Gasteiger partial charge in [0.25, 0.3) is 11.8 Å². The summed E-state index contributed by atoms with van der Waals surface area (Å²) in [5.74, 6) is -0.474. The zero-order chi connectivity index (χ0) is 30.3. The van der Waals surface area contributed by atoms with Gasteiger partial charge >= 0.3 is 0 Å². The highest BCUT2D eigenvalue weighted by Crippen LogP contribution is 2.39. The maximum atomic E-state index is 13.2. The van der Waals surface area contributed by atoms with Gasteiger partial charge in [0.2, 0.25) is 5.91 Å². The first-order valence-electron chi connectivity index (χ1n) is 14.5. The van der Waals surface area contributed by atoms with Gasteiger partial charge in [0.05, 0.1) is 24.4 Å². The number of hydrogen-bond donors (Lipinski definition) is 4. The topological polar surface area (TPSA) is 115 Å². The van der Waals surface area contributed by atoms with Crippen LogP contribution in [0.1, 0.15) is 32.6 Å². The van der Waals surface area contributed by atoms with Crippen molar-refractivity contribution < 1.29 is 19.2 Å². The second kappa shape index (κ2) is 13.6. The number of amides is 3. The molecule has 224 valence electrons. The van der Waals surface area contributed by atoms with Crippen molar-refractivity contribution in [3.8, 4) is 0 Å². The van der Waals surface area contributed by atoms with Crippen LogP contribution in [0.5, 0.6) is 0 Å². The standard InChI is InChI=1S/C33H38N6O4/c1-22-19-27-28(20-23(22)2)36-33(42)30(27)31(24-7-5-4-6-8-24)35-26-11-9-25(10-12-26)32(41)37-43-18-17-38-13-15-39(16-14-38)21-29(40)34-3/h4-12,19-20,35H,13-18,21H2,1-3H3,(H,34,40)(H,36,42)(H,37,41)/b31-30-. The SMILES string of the molecule is CNC(=O)CN1CCN(CCONC(=O)c2ccc(N/C(=C3\C(=O)Nc4cc(C)c(C)cc43)c3ccccc3)cc2)CC1. The summed E-state index contributed by atoms with van der Waals surface area (Å²) in [5, 5.41) is 9.10. The molecule has 5 rings (SSSR count). The third kappa shape index (κ3) is 7.29. The Morgan fingerprint density at radius 1 is 0.884 bits per heavy atom. The molecule has 4 N–H and O–H groups in total. The van der Waals surface area contributed by atoms with Gasteiger partial charge in [0.15, 0.2) is 0 Å². The third-order valence-electron chi connectivity index (χ3n) is 7.89. The van der Waals surface area contributed by atoms with Crippen molar-refractivity contribution >= 4 is 40.4 Å². The first-order chi connectivity index (χ1) is 20.8. The summed E-state index contributed by atoms with van der Waals surface area (Å²) in [6, 6.07) is 20.8. The fourth-order valence-corrected chi connectivity index (χ4v) is 5.22. The molecule has 43 heavy (non-hydrogen) atoms. The van der Waals surface area contributed by atoms with E-state index in [9.17, 15) is 14.4 Å². The van der Waals surface area contributed by atoms with Crippen LogP contribution in [0.25, 0.3) is 11.3 Å². The van der Waals surface area contributed by atoms with Gasteiger partial charge in [-0.2, -0.15) is 0 Å². The summed E-state index contributed by atoms with van der Waals surface area (Å²) in [6.07, 6.45) is 0. The van der Waals surface area contributed by atoms with Crippen molar-refractivity contribution in [2.45, 2.75) is 13.8 Å². The Balaban J connectivity index is 1.20. The Kier molecular flexibility index (Phi) is 9.51. The average molecular weight is 583 g/mol. The van der Waals surface area contributed by atoms with Crippen molar-refractivity contribution in [2.24, 2.45) is 0 Å². The lowest BCUT2D eigenvalue weighted by molar-refractivity contribution is -0.122. The summed E-state index contributed by atoms with van der Waals surface area (Å²) in [7, 11) is 1.65. The van der Waals surface area contributed by atoms with E-state index in [1.807, 2.05) is 68.4 Å². The largest absolute Gasteiger partial charge is 0.358 e. The minimum atomic E-state index is -0.335. The number of rotatable bonds is 10. The van der Waals surface area contributed by atoms with Gasteiger partial charge in [-0.15, -0.1) is 0 Å². The van der Waals surface area contributed by atoms with Gasteiger partial charge in [0.1, 0.15) is 0 Å². The highest BCUT2D eigenvalue weighted by Gasteiger charge is 2.29. The highest BCUT2D eigenvalue weighted by atomic mass is 16.7. The van der Waals surface area contributed by atoms with Crippen molar-refractivity contribution in [1.29, 1.82) is 0 Å². The number of piperazine rings is 1. The van der Waals surface area contributed by atoms with E-state index in [0.29, 0.717) is 36.5 Å².